The monoisotopic (exact) mass is 323 g/mol. The van der Waals surface area contributed by atoms with Gasteiger partial charge in [0.05, 0.1) is 18.8 Å². The van der Waals surface area contributed by atoms with Crippen LogP contribution in [0.15, 0.2) is 12.1 Å². The number of aromatic carboxylic acids is 1. The van der Waals surface area contributed by atoms with Crippen LogP contribution in [0.2, 0.25) is 0 Å². The molecular formula is C17H25NO5. The van der Waals surface area contributed by atoms with Gasteiger partial charge < -0.3 is 19.9 Å². The van der Waals surface area contributed by atoms with Crippen LogP contribution < -0.4 is 5.32 Å². The van der Waals surface area contributed by atoms with E-state index in [1.165, 1.54) is 6.92 Å². The normalized spacial score (nSPS) is 10.6. The Balaban J connectivity index is 3.18. The highest BCUT2D eigenvalue weighted by molar-refractivity contribution is 5.93. The first-order chi connectivity index (χ1) is 11.0. The Labute approximate surface area is 136 Å². The van der Waals surface area contributed by atoms with Crippen LogP contribution in [0, 0.1) is 0 Å². The average Bonchev–Trinajstić information content (AvgIpc) is 2.49. The van der Waals surface area contributed by atoms with Crippen LogP contribution in [0.3, 0.4) is 0 Å². The van der Waals surface area contributed by atoms with Crippen LogP contribution in [0.5, 0.6) is 0 Å². The number of anilines is 1. The first-order valence-electron chi connectivity index (χ1n) is 7.81. The molecule has 6 heteroatoms. The van der Waals surface area contributed by atoms with E-state index in [0.29, 0.717) is 45.0 Å². The van der Waals surface area contributed by atoms with E-state index >= 15 is 0 Å². The predicted molar refractivity (Wildman–Crippen MR) is 88.1 cm³/mol. The molecule has 1 aromatic rings. The van der Waals surface area contributed by atoms with Crippen molar-refractivity contribution < 1.29 is 24.2 Å². The molecule has 0 aliphatic rings. The van der Waals surface area contributed by atoms with Gasteiger partial charge in [0.25, 0.3) is 0 Å². The quantitative estimate of drug-likeness (QED) is 0.646. The lowest BCUT2D eigenvalue weighted by Gasteiger charge is -2.17. The zero-order valence-corrected chi connectivity index (χ0v) is 14.0. The number of rotatable bonds is 10. The molecule has 0 aromatic heterocycles. The molecule has 0 bridgehead atoms. The molecule has 0 unspecified atom stereocenters. The number of carbonyl (C=O) groups excluding carboxylic acids is 1. The predicted octanol–water partition coefficient (Wildman–Crippen LogP) is 2.50. The molecule has 0 atom stereocenters. The zero-order valence-electron chi connectivity index (χ0n) is 14.0. The second kappa shape index (κ2) is 9.97. The average molecular weight is 323 g/mol. The SMILES string of the molecule is CCOCCc1cc(C(=O)O)cc(CCOCC)c1NC(C)=O. The molecule has 0 spiro atoms. The molecule has 0 fully saturated rings. The molecule has 2 N–H and O–H groups in total. The molecule has 1 amide bonds. The third-order valence-corrected chi connectivity index (χ3v) is 3.29. The maximum Gasteiger partial charge on any atom is 0.335 e. The van der Waals surface area contributed by atoms with E-state index in [4.69, 9.17) is 9.47 Å². The minimum absolute atomic E-state index is 0.191. The molecule has 1 aromatic carbocycles. The summed E-state index contributed by atoms with van der Waals surface area (Å²) in [5.41, 5.74) is 2.40. The van der Waals surface area contributed by atoms with Crippen molar-refractivity contribution in [2.24, 2.45) is 0 Å². The Bertz CT molecular complexity index is 511. The first kappa shape index (κ1) is 19.1. The smallest absolute Gasteiger partial charge is 0.335 e. The van der Waals surface area contributed by atoms with Crippen LogP contribution in [0.1, 0.15) is 42.3 Å². The Morgan fingerprint density at radius 3 is 1.87 bits per heavy atom. The van der Waals surface area contributed by atoms with E-state index in [2.05, 4.69) is 5.32 Å². The summed E-state index contributed by atoms with van der Waals surface area (Å²) in [6, 6.07) is 3.19. The third-order valence-electron chi connectivity index (χ3n) is 3.29. The number of hydrogen-bond donors (Lipinski definition) is 2. The van der Waals surface area contributed by atoms with Crippen LogP contribution in [0.4, 0.5) is 5.69 Å². The molecule has 0 heterocycles. The van der Waals surface area contributed by atoms with E-state index in [1.807, 2.05) is 13.8 Å². The fraction of sp³-hybridized carbons (Fsp3) is 0.529. The maximum atomic E-state index is 11.5. The molecular weight excluding hydrogens is 298 g/mol. The van der Waals surface area contributed by atoms with Crippen molar-refractivity contribution >= 4 is 17.6 Å². The minimum atomic E-state index is -0.991. The van der Waals surface area contributed by atoms with Gasteiger partial charge in [-0.15, -0.1) is 0 Å². The van der Waals surface area contributed by atoms with Crippen molar-refractivity contribution in [3.8, 4) is 0 Å². The van der Waals surface area contributed by atoms with Gasteiger partial charge in [-0.25, -0.2) is 4.79 Å². The highest BCUT2D eigenvalue weighted by atomic mass is 16.5. The highest BCUT2D eigenvalue weighted by Gasteiger charge is 2.15. The summed E-state index contributed by atoms with van der Waals surface area (Å²) in [4.78, 5) is 22.9. The molecule has 0 saturated heterocycles. The fourth-order valence-electron chi connectivity index (χ4n) is 2.27. The fourth-order valence-corrected chi connectivity index (χ4v) is 2.27. The van der Waals surface area contributed by atoms with Gasteiger partial charge in [-0.2, -0.15) is 0 Å². The van der Waals surface area contributed by atoms with Crippen molar-refractivity contribution in [1.29, 1.82) is 0 Å². The molecule has 23 heavy (non-hydrogen) atoms. The Hall–Kier alpha value is -1.92. The van der Waals surface area contributed by atoms with E-state index < -0.39 is 5.97 Å². The van der Waals surface area contributed by atoms with Crippen molar-refractivity contribution in [2.75, 3.05) is 31.7 Å². The zero-order chi connectivity index (χ0) is 17.2. The second-order valence-electron chi connectivity index (χ2n) is 5.05. The minimum Gasteiger partial charge on any atom is -0.478 e. The number of carbonyl (C=O) groups is 2. The lowest BCUT2D eigenvalue weighted by molar-refractivity contribution is -0.114. The van der Waals surface area contributed by atoms with Gasteiger partial charge in [0.2, 0.25) is 5.91 Å². The summed E-state index contributed by atoms with van der Waals surface area (Å²) in [5.74, 6) is -1.18. The van der Waals surface area contributed by atoms with E-state index in [9.17, 15) is 14.7 Å². The summed E-state index contributed by atoms with van der Waals surface area (Å²) in [6.45, 7) is 7.35. The molecule has 0 aliphatic carbocycles. The number of ether oxygens (including phenoxy) is 2. The lowest BCUT2D eigenvalue weighted by Crippen LogP contribution is -2.14. The van der Waals surface area contributed by atoms with Crippen molar-refractivity contribution in [2.45, 2.75) is 33.6 Å². The van der Waals surface area contributed by atoms with E-state index in [1.54, 1.807) is 12.1 Å². The van der Waals surface area contributed by atoms with Crippen LogP contribution in [-0.2, 0) is 27.1 Å². The Kier molecular flexibility index (Phi) is 8.29. The van der Waals surface area contributed by atoms with Crippen molar-refractivity contribution in [3.63, 3.8) is 0 Å². The van der Waals surface area contributed by atoms with Crippen molar-refractivity contribution in [3.05, 3.63) is 28.8 Å². The van der Waals surface area contributed by atoms with E-state index in [-0.39, 0.29) is 11.5 Å². The number of nitrogens with one attached hydrogen (secondary N) is 1. The van der Waals surface area contributed by atoms with Gasteiger partial charge in [-0.3, -0.25) is 4.79 Å². The molecule has 1 rings (SSSR count). The standard InChI is InChI=1S/C17H25NO5/c1-4-22-8-6-13-10-15(17(20)21)11-14(7-9-23-5-2)16(13)18-12(3)19/h10-11H,4-9H2,1-3H3,(H,18,19)(H,20,21). The Morgan fingerprint density at radius 2 is 1.52 bits per heavy atom. The number of carboxylic acids is 1. The van der Waals surface area contributed by atoms with Gasteiger partial charge >= 0.3 is 5.97 Å². The summed E-state index contributed by atoms with van der Waals surface area (Å²) in [6.07, 6.45) is 1.07. The molecule has 6 nitrogen and oxygen atoms in total. The van der Waals surface area contributed by atoms with Gasteiger partial charge in [-0.05, 0) is 49.9 Å². The van der Waals surface area contributed by atoms with Crippen LogP contribution in [-0.4, -0.2) is 43.4 Å². The van der Waals surface area contributed by atoms with Gasteiger partial charge in [0.15, 0.2) is 0 Å². The van der Waals surface area contributed by atoms with Crippen molar-refractivity contribution in [1.82, 2.24) is 0 Å². The summed E-state index contributed by atoms with van der Waals surface area (Å²) < 4.78 is 10.7. The van der Waals surface area contributed by atoms with E-state index in [0.717, 1.165) is 11.1 Å². The maximum absolute atomic E-state index is 11.5. The molecule has 0 saturated carbocycles. The van der Waals surface area contributed by atoms with Crippen LogP contribution >= 0.6 is 0 Å². The molecule has 0 aliphatic heterocycles. The topological polar surface area (TPSA) is 84.9 Å². The van der Waals surface area contributed by atoms with Gasteiger partial charge in [0.1, 0.15) is 0 Å². The summed E-state index contributed by atoms with van der Waals surface area (Å²) in [7, 11) is 0. The summed E-state index contributed by atoms with van der Waals surface area (Å²) in [5, 5.41) is 12.1. The first-order valence-corrected chi connectivity index (χ1v) is 7.81. The van der Waals surface area contributed by atoms with Crippen LogP contribution in [0.25, 0.3) is 0 Å². The lowest BCUT2D eigenvalue weighted by atomic mass is 9.98. The number of carboxylic acid groups (broad SMARTS) is 1. The second-order valence-corrected chi connectivity index (χ2v) is 5.05. The number of hydrogen-bond acceptors (Lipinski definition) is 4. The number of benzene rings is 1. The number of amides is 1. The third kappa shape index (κ3) is 6.38. The highest BCUT2D eigenvalue weighted by Crippen LogP contribution is 2.25. The largest absolute Gasteiger partial charge is 0.478 e. The van der Waals surface area contributed by atoms with Gasteiger partial charge in [-0.1, -0.05) is 0 Å². The summed E-state index contributed by atoms with van der Waals surface area (Å²) >= 11 is 0. The van der Waals surface area contributed by atoms with Gasteiger partial charge in [0, 0.05) is 25.8 Å². The molecule has 128 valence electrons. The Morgan fingerprint density at radius 1 is 1.04 bits per heavy atom. The molecule has 0 radical (unpaired) electrons.